The molecule has 29 heavy (non-hydrogen) atoms. The summed E-state index contributed by atoms with van der Waals surface area (Å²) < 4.78 is 11.0. The van der Waals surface area contributed by atoms with Gasteiger partial charge in [-0.1, -0.05) is 11.3 Å². The number of aromatic nitrogens is 1. The van der Waals surface area contributed by atoms with Crippen molar-refractivity contribution in [1.82, 2.24) is 4.98 Å². The van der Waals surface area contributed by atoms with E-state index in [2.05, 4.69) is 4.98 Å². The van der Waals surface area contributed by atoms with Crippen molar-refractivity contribution in [3.63, 3.8) is 0 Å². The second kappa shape index (κ2) is 9.02. The molecule has 1 N–H and O–H groups in total. The molecule has 0 fully saturated rings. The van der Waals surface area contributed by atoms with Gasteiger partial charge in [0, 0.05) is 5.56 Å². The fraction of sp³-hybridized carbons (Fsp3) is 0.286. The third-order valence-corrected chi connectivity index (χ3v) is 5.49. The lowest BCUT2D eigenvalue weighted by molar-refractivity contribution is -0.856. The molecular formula is C21H24N3O4S+. The molecule has 0 aliphatic carbocycles. The Morgan fingerprint density at radius 3 is 2.38 bits per heavy atom. The lowest BCUT2D eigenvalue weighted by Gasteiger charge is -2.20. The number of esters is 1. The number of benzene rings is 2. The molecule has 0 atom stereocenters. The van der Waals surface area contributed by atoms with Crippen LogP contribution < -0.4 is 14.5 Å². The smallest absolute Gasteiger partial charge is 0.337 e. The highest BCUT2D eigenvalue weighted by Crippen LogP contribution is 2.32. The molecule has 1 aromatic heterocycles. The van der Waals surface area contributed by atoms with Crippen molar-refractivity contribution in [3.8, 4) is 5.75 Å². The van der Waals surface area contributed by atoms with Crippen molar-refractivity contribution < 1.29 is 24.0 Å². The Hall–Kier alpha value is -2.97. The van der Waals surface area contributed by atoms with Crippen LogP contribution in [-0.4, -0.2) is 58.3 Å². The standard InChI is InChI=1S/C21H23N3O4S/c1-23(2)11-12-24(19(25)14-5-7-15(8-6-14)20(26)28-4)21-22-17-10-9-16(27-3)13-18(17)29-21/h5-10,13H,11-12H2,1-4H3/p+1. The molecule has 0 aliphatic rings. The van der Waals surface area contributed by atoms with Gasteiger partial charge in [0.25, 0.3) is 5.91 Å². The van der Waals surface area contributed by atoms with Gasteiger partial charge in [0.1, 0.15) is 5.75 Å². The van der Waals surface area contributed by atoms with Crippen molar-refractivity contribution in [2.45, 2.75) is 0 Å². The highest BCUT2D eigenvalue weighted by molar-refractivity contribution is 7.22. The van der Waals surface area contributed by atoms with Crippen LogP contribution >= 0.6 is 11.3 Å². The predicted octanol–water partition coefficient (Wildman–Crippen LogP) is 1.88. The van der Waals surface area contributed by atoms with Gasteiger partial charge in [0.2, 0.25) is 0 Å². The van der Waals surface area contributed by atoms with Gasteiger partial charge >= 0.3 is 5.97 Å². The molecule has 3 aromatic rings. The Morgan fingerprint density at radius 1 is 1.07 bits per heavy atom. The van der Waals surface area contributed by atoms with Gasteiger partial charge in [0.05, 0.1) is 57.2 Å². The fourth-order valence-electron chi connectivity index (χ4n) is 2.78. The Bertz CT molecular complexity index is 1010. The van der Waals surface area contributed by atoms with Gasteiger partial charge in [-0.05, 0) is 42.5 Å². The number of nitrogens with one attached hydrogen (secondary N) is 1. The van der Waals surface area contributed by atoms with Gasteiger partial charge in [-0.25, -0.2) is 9.78 Å². The van der Waals surface area contributed by atoms with Crippen LogP contribution in [0.4, 0.5) is 5.13 Å². The van der Waals surface area contributed by atoms with Gasteiger partial charge < -0.3 is 14.4 Å². The summed E-state index contributed by atoms with van der Waals surface area (Å²) >= 11 is 1.45. The number of likely N-dealkylation sites (N-methyl/N-ethyl adjacent to an activating group) is 1. The monoisotopic (exact) mass is 414 g/mol. The number of ether oxygens (including phenoxy) is 2. The Balaban J connectivity index is 1.94. The summed E-state index contributed by atoms with van der Waals surface area (Å²) in [5.41, 5.74) is 1.71. The molecular weight excluding hydrogens is 390 g/mol. The topological polar surface area (TPSA) is 73.2 Å². The molecule has 0 bridgehead atoms. The van der Waals surface area contributed by atoms with Gasteiger partial charge in [-0.3, -0.25) is 9.69 Å². The molecule has 1 heterocycles. The van der Waals surface area contributed by atoms with Crippen LogP contribution in [0.2, 0.25) is 0 Å². The molecule has 3 rings (SSSR count). The minimum Gasteiger partial charge on any atom is -0.497 e. The van der Waals surface area contributed by atoms with Gasteiger partial charge in [-0.2, -0.15) is 0 Å². The lowest BCUT2D eigenvalue weighted by atomic mass is 10.1. The average molecular weight is 415 g/mol. The highest BCUT2D eigenvalue weighted by Gasteiger charge is 2.22. The van der Waals surface area contributed by atoms with Crippen LogP contribution in [0.5, 0.6) is 5.75 Å². The average Bonchev–Trinajstić information content (AvgIpc) is 3.15. The zero-order valence-electron chi connectivity index (χ0n) is 16.9. The molecule has 0 saturated heterocycles. The van der Waals surface area contributed by atoms with Crippen LogP contribution in [0.3, 0.4) is 0 Å². The van der Waals surface area contributed by atoms with E-state index in [0.717, 1.165) is 22.5 Å². The first-order valence-corrected chi connectivity index (χ1v) is 9.98. The zero-order valence-corrected chi connectivity index (χ0v) is 17.7. The maximum atomic E-state index is 13.3. The number of rotatable bonds is 7. The van der Waals surface area contributed by atoms with E-state index in [9.17, 15) is 9.59 Å². The minimum atomic E-state index is -0.433. The number of carbonyl (C=O) groups excluding carboxylic acids is 2. The molecule has 0 radical (unpaired) electrons. The van der Waals surface area contributed by atoms with E-state index in [1.807, 2.05) is 32.3 Å². The van der Waals surface area contributed by atoms with Crippen LogP contribution in [-0.2, 0) is 4.74 Å². The maximum Gasteiger partial charge on any atom is 0.337 e. The molecule has 1 amide bonds. The van der Waals surface area contributed by atoms with E-state index in [1.54, 1.807) is 36.3 Å². The maximum absolute atomic E-state index is 13.3. The lowest BCUT2D eigenvalue weighted by Crippen LogP contribution is -3.06. The first kappa shape index (κ1) is 20.8. The van der Waals surface area contributed by atoms with E-state index in [-0.39, 0.29) is 5.91 Å². The summed E-state index contributed by atoms with van der Waals surface area (Å²) in [5, 5.41) is 0.636. The predicted molar refractivity (Wildman–Crippen MR) is 113 cm³/mol. The largest absolute Gasteiger partial charge is 0.497 e. The number of hydrogen-bond acceptors (Lipinski definition) is 6. The summed E-state index contributed by atoms with van der Waals surface area (Å²) in [7, 11) is 7.03. The first-order valence-electron chi connectivity index (χ1n) is 9.16. The van der Waals surface area contributed by atoms with Gasteiger partial charge in [0.15, 0.2) is 5.13 Å². The number of amides is 1. The molecule has 0 saturated carbocycles. The molecule has 2 aromatic carbocycles. The molecule has 152 valence electrons. The minimum absolute atomic E-state index is 0.159. The van der Waals surface area contributed by atoms with Crippen molar-refractivity contribution in [2.75, 3.05) is 46.3 Å². The van der Waals surface area contributed by atoms with E-state index in [0.29, 0.717) is 22.8 Å². The van der Waals surface area contributed by atoms with E-state index >= 15 is 0 Å². The van der Waals surface area contributed by atoms with Crippen molar-refractivity contribution in [3.05, 3.63) is 53.6 Å². The number of nitrogens with zero attached hydrogens (tertiary/aromatic N) is 2. The van der Waals surface area contributed by atoms with Crippen LogP contribution in [0, 0.1) is 0 Å². The number of thiazole rings is 1. The second-order valence-corrected chi connectivity index (χ2v) is 7.82. The fourth-order valence-corrected chi connectivity index (χ4v) is 3.80. The van der Waals surface area contributed by atoms with Gasteiger partial charge in [-0.15, -0.1) is 0 Å². The molecule has 0 unspecified atom stereocenters. The summed E-state index contributed by atoms with van der Waals surface area (Å²) in [4.78, 5) is 32.5. The van der Waals surface area contributed by atoms with Crippen molar-refractivity contribution in [1.29, 1.82) is 0 Å². The summed E-state index contributed by atoms with van der Waals surface area (Å²) in [6.45, 7) is 1.29. The molecule has 0 aliphatic heterocycles. The van der Waals surface area contributed by atoms with Crippen molar-refractivity contribution in [2.24, 2.45) is 0 Å². The quantitative estimate of drug-likeness (QED) is 0.598. The number of hydrogen-bond donors (Lipinski definition) is 1. The molecule has 0 spiro atoms. The highest BCUT2D eigenvalue weighted by atomic mass is 32.1. The summed E-state index contributed by atoms with van der Waals surface area (Å²) in [6, 6.07) is 12.1. The number of carbonyl (C=O) groups is 2. The Morgan fingerprint density at radius 2 is 1.76 bits per heavy atom. The Kier molecular flexibility index (Phi) is 6.46. The normalized spacial score (nSPS) is 10.9. The zero-order chi connectivity index (χ0) is 21.0. The number of anilines is 1. The number of methoxy groups -OCH3 is 2. The number of quaternary nitrogens is 1. The summed E-state index contributed by atoms with van der Waals surface area (Å²) in [5.74, 6) is 0.160. The second-order valence-electron chi connectivity index (χ2n) is 6.81. The van der Waals surface area contributed by atoms with E-state index < -0.39 is 5.97 Å². The van der Waals surface area contributed by atoms with E-state index in [1.165, 1.54) is 23.3 Å². The van der Waals surface area contributed by atoms with Crippen molar-refractivity contribution >= 4 is 38.6 Å². The SMILES string of the molecule is COC(=O)c1ccc(C(=O)N(CC[NH+](C)C)c2nc3ccc(OC)cc3s2)cc1. The summed E-state index contributed by atoms with van der Waals surface area (Å²) in [6.07, 6.45) is 0. The van der Waals surface area contributed by atoms with E-state index in [4.69, 9.17) is 9.47 Å². The third-order valence-electron chi connectivity index (χ3n) is 4.45. The Labute approximate surface area is 173 Å². The molecule has 7 nitrogen and oxygen atoms in total. The first-order chi connectivity index (χ1) is 13.9. The van der Waals surface area contributed by atoms with Crippen LogP contribution in [0.15, 0.2) is 42.5 Å². The molecule has 8 heteroatoms. The van der Waals surface area contributed by atoms with Crippen LogP contribution in [0.1, 0.15) is 20.7 Å². The van der Waals surface area contributed by atoms with Crippen LogP contribution in [0.25, 0.3) is 10.2 Å². The third kappa shape index (κ3) is 4.72. The number of fused-ring (bicyclic) bond motifs is 1.